The van der Waals surface area contributed by atoms with Gasteiger partial charge in [-0.3, -0.25) is 4.18 Å². The highest BCUT2D eigenvalue weighted by Gasteiger charge is 2.61. The van der Waals surface area contributed by atoms with E-state index in [-0.39, 0.29) is 26.3 Å². The van der Waals surface area contributed by atoms with E-state index in [0.717, 1.165) is 43.2 Å². The van der Waals surface area contributed by atoms with E-state index >= 15 is 0 Å². The quantitative estimate of drug-likeness (QED) is 0.154. The van der Waals surface area contributed by atoms with Crippen LogP contribution >= 0.6 is 0 Å². The summed E-state index contributed by atoms with van der Waals surface area (Å²) in [5, 5.41) is -0.00177. The smallest absolute Gasteiger partial charge is 0.297 e. The summed E-state index contributed by atoms with van der Waals surface area (Å²) < 4.78 is 66.5. The zero-order chi connectivity index (χ0) is 35.9. The van der Waals surface area contributed by atoms with E-state index in [9.17, 15) is 11.2 Å². The summed E-state index contributed by atoms with van der Waals surface area (Å²) in [6, 6.07) is 6.85. The lowest BCUT2D eigenvalue weighted by atomic mass is 9.47. The molecule has 1 aromatic carbocycles. The van der Waals surface area contributed by atoms with Crippen LogP contribution in [0.15, 0.2) is 40.8 Å². The molecule has 3 saturated carbocycles. The molecule has 8 heteroatoms. The van der Waals surface area contributed by atoms with Crippen molar-refractivity contribution >= 4 is 26.8 Å². The second kappa shape index (κ2) is 12.2. The highest BCUT2D eigenvalue weighted by molar-refractivity contribution is 7.86. The summed E-state index contributed by atoms with van der Waals surface area (Å²) in [7, 11) is -8.38. The van der Waals surface area contributed by atoms with Crippen molar-refractivity contribution in [3.63, 3.8) is 0 Å². The fraction of sp³-hybridized carbons (Fsp3) is 0.789. The van der Waals surface area contributed by atoms with E-state index in [0.29, 0.717) is 31.1 Å². The first-order valence-corrected chi connectivity index (χ1v) is 25.0. The third-order valence-electron chi connectivity index (χ3n) is 13.5. The van der Waals surface area contributed by atoms with Gasteiger partial charge in [0.15, 0.2) is 16.6 Å². The summed E-state index contributed by atoms with van der Waals surface area (Å²) in [5.41, 5.74) is 1.41. The zero-order valence-corrected chi connectivity index (χ0v) is 33.7. The molecule has 0 radical (unpaired) electrons. The maximum atomic E-state index is 13.4. The van der Waals surface area contributed by atoms with Crippen molar-refractivity contribution in [3.05, 3.63) is 41.5 Å². The molecule has 1 aromatic rings. The van der Waals surface area contributed by atoms with Crippen molar-refractivity contribution in [3.8, 4) is 0 Å². The van der Waals surface area contributed by atoms with Gasteiger partial charge in [0.05, 0.1) is 19.8 Å². The average molecular weight is 691 g/mol. The summed E-state index contributed by atoms with van der Waals surface area (Å²) in [6.07, 6.45) is 7.17. The number of allylic oxidation sites excluding steroid dienone is 1. The van der Waals surface area contributed by atoms with E-state index in [1.165, 1.54) is 0 Å². The largest absolute Gasteiger partial charge is 0.416 e. The number of benzene rings is 1. The Morgan fingerprint density at radius 3 is 2.15 bits per heavy atom. The third-order valence-corrected chi connectivity index (χ3v) is 23.6. The van der Waals surface area contributed by atoms with Crippen LogP contribution in [0.25, 0.3) is 0 Å². The minimum atomic E-state index is -3.91. The Kier molecular flexibility index (Phi) is 8.96. The van der Waals surface area contributed by atoms with Crippen molar-refractivity contribution in [2.75, 3.05) is 6.58 Å². The molecule has 0 N–H and O–H groups in total. The van der Waals surface area contributed by atoms with Crippen LogP contribution in [0.3, 0.4) is 0 Å². The van der Waals surface area contributed by atoms with Gasteiger partial charge in [-0.1, -0.05) is 77.8 Å². The zero-order valence-electron chi connectivity index (χ0n) is 32.9. The van der Waals surface area contributed by atoms with Gasteiger partial charge in [-0.25, -0.2) is 0 Å². The van der Waals surface area contributed by atoms with E-state index in [4.69, 9.17) is 13.0 Å². The van der Waals surface area contributed by atoms with E-state index in [1.807, 2.05) is 6.92 Å². The van der Waals surface area contributed by atoms with Crippen molar-refractivity contribution in [1.29, 1.82) is 0 Å². The van der Waals surface area contributed by atoms with Crippen LogP contribution in [-0.2, 0) is 23.2 Å². The molecule has 1 unspecified atom stereocenters. The molecule has 4 aliphatic rings. The summed E-state index contributed by atoms with van der Waals surface area (Å²) in [4.78, 5) is 0.189. The van der Waals surface area contributed by atoms with E-state index in [1.54, 1.807) is 24.3 Å². The van der Waals surface area contributed by atoms with Crippen molar-refractivity contribution < 1.29 is 24.2 Å². The molecule has 260 valence electrons. The Labute approximate surface area is 286 Å². The topological polar surface area (TPSA) is 61.8 Å². The normalized spacial score (nSPS) is 36.9. The first kappa shape index (κ1) is 33.7. The van der Waals surface area contributed by atoms with Crippen molar-refractivity contribution in [1.82, 2.24) is 0 Å². The molecule has 4 aliphatic carbocycles. The van der Waals surface area contributed by atoms with Gasteiger partial charge in [-0.2, -0.15) is 8.42 Å². The second-order valence-electron chi connectivity index (χ2n) is 18.4. The molecular weight excluding hydrogens is 625 g/mol. The molecule has 3 fully saturated rings. The van der Waals surface area contributed by atoms with E-state index < -0.39 is 50.9 Å². The maximum absolute atomic E-state index is 13.4. The lowest BCUT2D eigenvalue weighted by Gasteiger charge is -2.59. The Morgan fingerprint density at radius 2 is 1.54 bits per heavy atom. The lowest BCUT2D eigenvalue weighted by Crippen LogP contribution is -2.56. The summed E-state index contributed by atoms with van der Waals surface area (Å²) in [5.74, 6) is 0.921. The highest BCUT2D eigenvalue weighted by Crippen LogP contribution is 2.66. The molecule has 5 nitrogen and oxygen atoms in total. The van der Waals surface area contributed by atoms with Crippen LogP contribution in [0.2, 0.25) is 36.3 Å². The van der Waals surface area contributed by atoms with Crippen LogP contribution in [0.1, 0.15) is 108 Å². The van der Waals surface area contributed by atoms with Gasteiger partial charge in [0.2, 0.25) is 0 Å². The predicted molar refractivity (Wildman–Crippen MR) is 194 cm³/mol. The number of fused-ring (bicyclic) bond motifs is 5. The molecule has 0 amide bonds. The van der Waals surface area contributed by atoms with Gasteiger partial charge in [-0.05, 0) is 130 Å². The first-order chi connectivity index (χ1) is 21.8. The molecule has 0 spiro atoms. The molecular formula is C38H64O5SSi2. The average Bonchev–Trinajstić information content (AvgIpc) is 3.20. The third kappa shape index (κ3) is 6.58. The van der Waals surface area contributed by atoms with Gasteiger partial charge in [0.25, 0.3) is 10.1 Å². The second-order valence-corrected chi connectivity index (χ2v) is 29.4. The Morgan fingerprint density at radius 1 is 0.913 bits per heavy atom. The number of rotatable bonds is 8. The molecule has 0 bridgehead atoms. The lowest BCUT2D eigenvalue weighted by molar-refractivity contribution is -0.0834. The van der Waals surface area contributed by atoms with Gasteiger partial charge in [-0.15, -0.1) is 0 Å². The van der Waals surface area contributed by atoms with Crippen LogP contribution < -0.4 is 0 Å². The van der Waals surface area contributed by atoms with Crippen LogP contribution in [-0.4, -0.2) is 43.8 Å². The summed E-state index contributed by atoms with van der Waals surface area (Å²) >= 11 is 0. The van der Waals surface area contributed by atoms with Gasteiger partial charge in [0, 0.05) is 12.0 Å². The Hall–Kier alpha value is -0.776. The predicted octanol–water partition coefficient (Wildman–Crippen LogP) is 10.4. The Balaban J connectivity index is 1.48. The molecule has 0 saturated heterocycles. The molecule has 0 aliphatic heterocycles. The van der Waals surface area contributed by atoms with Crippen LogP contribution in [0, 0.1) is 35.5 Å². The fourth-order valence-corrected chi connectivity index (χ4v) is 11.6. The van der Waals surface area contributed by atoms with Gasteiger partial charge < -0.3 is 8.85 Å². The number of hydrogen-bond acceptors (Lipinski definition) is 5. The molecule has 46 heavy (non-hydrogen) atoms. The Bertz CT molecular complexity index is 1500. The van der Waals surface area contributed by atoms with Crippen molar-refractivity contribution in [2.24, 2.45) is 28.6 Å². The monoisotopic (exact) mass is 690 g/mol. The first-order valence-electron chi connectivity index (χ1n) is 18.9. The highest BCUT2D eigenvalue weighted by atomic mass is 32.2. The van der Waals surface area contributed by atoms with Gasteiger partial charge >= 0.3 is 0 Å². The van der Waals surface area contributed by atoms with Crippen molar-refractivity contribution in [2.45, 2.75) is 160 Å². The van der Waals surface area contributed by atoms with Crippen LogP contribution in [0.5, 0.6) is 0 Å². The fourth-order valence-electron chi connectivity index (χ4n) is 8.40. The minimum Gasteiger partial charge on any atom is -0.416 e. The maximum Gasteiger partial charge on any atom is 0.297 e. The number of aryl methyl sites for hydroxylation is 1. The van der Waals surface area contributed by atoms with Crippen LogP contribution in [0.4, 0.5) is 0 Å². The summed E-state index contributed by atoms with van der Waals surface area (Å²) in [6.45, 7) is 26.0. The number of hydrogen-bond donors (Lipinski definition) is 0. The minimum absolute atomic E-state index is 0.0341. The molecule has 0 aromatic heterocycles. The molecule has 0 heterocycles. The molecule has 5 rings (SSSR count). The molecule has 8 atom stereocenters. The SMILES string of the molecule is [2H][C@H](O[Si](C)(C)C(C)(C)C)[C@]12CCC(OS(=O)(=O)c3ccc(C)cc3)CC1=CC[C@@H]1[C@@H]2CC[C@@]2(C)[C@H]1CC[C@]2([2H])O[Si](C)(C)C(C)(C)C. The van der Waals surface area contributed by atoms with Gasteiger partial charge in [0.1, 0.15) is 0 Å². The van der Waals surface area contributed by atoms with E-state index in [2.05, 4.69) is 80.7 Å². The standard InChI is InChI=1S/C38H64O5SSi2/c1-27-13-16-30(17-14-27)44(39,40)42-29-21-24-38(26-41-45(9,10)35(2,3)4)28(25-29)15-18-31-32-19-20-34(37(32,8)23-22-33(31)38)43-46(11,12)36(5,6)7/h13-17,29,31-34H,18-26H2,1-12H3/t29?,31-,32-,33-,34-,37-,38+/m0/s1/i26D,34D/t26-,29?,31-,32-,33-,34-,37-,38+.